The van der Waals surface area contributed by atoms with Crippen LogP contribution in [-0.4, -0.2) is 121 Å². The molecule has 0 saturated carbocycles. The van der Waals surface area contributed by atoms with E-state index in [1.54, 1.807) is 0 Å². The molecule has 0 spiro atoms. The molecule has 16 heteroatoms. The molecule has 0 aromatic rings. The number of aliphatic hydroxyl groups excluding tert-OH is 3. The Hall–Kier alpha value is -2.15. The lowest BCUT2D eigenvalue weighted by molar-refractivity contribution is -0.270. The summed E-state index contributed by atoms with van der Waals surface area (Å²) >= 11 is 0. The molecule has 0 radical (unpaired) electrons. The zero-order chi connectivity index (χ0) is 34.2. The van der Waals surface area contributed by atoms with Crippen LogP contribution in [0.3, 0.4) is 0 Å². The number of hydrogen-bond donors (Lipinski definition) is 8. The van der Waals surface area contributed by atoms with E-state index in [4.69, 9.17) is 24.7 Å². The summed E-state index contributed by atoms with van der Waals surface area (Å²) in [5, 5.41) is 54.9. The first kappa shape index (κ1) is 41.9. The van der Waals surface area contributed by atoms with Crippen LogP contribution in [0.1, 0.15) is 90.9 Å². The van der Waals surface area contributed by atoms with Crippen molar-refractivity contribution in [1.29, 1.82) is 0 Å². The molecular weight excluding hydrogens is 610 g/mol. The summed E-state index contributed by atoms with van der Waals surface area (Å²) in [6, 6.07) is -1.02. The van der Waals surface area contributed by atoms with Gasteiger partial charge in [-0.25, -0.2) is 14.6 Å². The van der Waals surface area contributed by atoms with Crippen molar-refractivity contribution >= 4 is 17.9 Å². The Morgan fingerprint density at radius 1 is 0.783 bits per heavy atom. The average Bonchev–Trinajstić information content (AvgIpc) is 3.02. The Labute approximate surface area is 271 Å². The molecule has 5 unspecified atom stereocenters. The summed E-state index contributed by atoms with van der Waals surface area (Å²) in [6.07, 6.45) is 3.08. The Balaban J connectivity index is 2.10. The first-order valence-electron chi connectivity index (χ1n) is 16.3. The van der Waals surface area contributed by atoms with Gasteiger partial charge < -0.3 is 45.5 Å². The van der Waals surface area contributed by atoms with Crippen LogP contribution >= 0.6 is 0 Å². The van der Waals surface area contributed by atoms with Crippen molar-refractivity contribution in [3.8, 4) is 0 Å². The molecule has 1 aliphatic rings. The zero-order valence-corrected chi connectivity index (χ0v) is 27.3. The molecular formula is C30H57N3O13. The van der Waals surface area contributed by atoms with Gasteiger partial charge in [0.25, 0.3) is 0 Å². The summed E-state index contributed by atoms with van der Waals surface area (Å²) in [7, 11) is 0. The number of ether oxygens (including phenoxy) is 3. The third-order valence-electron chi connectivity index (χ3n) is 7.97. The number of aliphatic hydroxyl groups is 3. The maximum Gasteiger partial charge on any atom is 0.407 e. The molecule has 3 amide bonds. The highest BCUT2D eigenvalue weighted by molar-refractivity contribution is 5.75. The lowest BCUT2D eigenvalue weighted by atomic mass is 9.77. The molecule has 5 atom stereocenters. The normalized spacial score (nSPS) is 21.5. The summed E-state index contributed by atoms with van der Waals surface area (Å²) in [4.78, 5) is 43.9. The first-order valence-corrected chi connectivity index (χ1v) is 16.3. The largest absolute Gasteiger partial charge is 0.450 e. The number of carbonyl (C=O) groups excluding carboxylic acids is 3. The van der Waals surface area contributed by atoms with Crippen molar-refractivity contribution < 1.29 is 64.2 Å². The molecule has 1 fully saturated rings. The smallest absolute Gasteiger partial charge is 0.407 e. The summed E-state index contributed by atoms with van der Waals surface area (Å²) in [6.45, 7) is 4.77. The number of rotatable bonds is 26. The van der Waals surface area contributed by atoms with E-state index in [-0.39, 0.29) is 37.6 Å². The van der Waals surface area contributed by atoms with Gasteiger partial charge in [0, 0.05) is 26.4 Å². The lowest BCUT2D eigenvalue weighted by Crippen LogP contribution is -2.64. The minimum absolute atomic E-state index is 0.0444. The van der Waals surface area contributed by atoms with Crippen LogP contribution in [0.5, 0.6) is 0 Å². The third kappa shape index (κ3) is 18.3. The van der Waals surface area contributed by atoms with Crippen molar-refractivity contribution in [1.82, 2.24) is 16.0 Å². The van der Waals surface area contributed by atoms with Crippen LogP contribution in [0.15, 0.2) is 0 Å². The number of nitrogens with one attached hydrogen (secondary N) is 3. The lowest BCUT2D eigenvalue weighted by Gasteiger charge is -2.42. The third-order valence-corrected chi connectivity index (χ3v) is 7.97. The van der Waals surface area contributed by atoms with Crippen LogP contribution < -0.4 is 16.0 Å². The van der Waals surface area contributed by atoms with E-state index < -0.39 is 49.3 Å². The van der Waals surface area contributed by atoms with Crippen molar-refractivity contribution in [3.63, 3.8) is 0 Å². The van der Waals surface area contributed by atoms with E-state index in [0.717, 1.165) is 44.9 Å². The number of unbranched alkanes of at least 4 members (excludes halogenated alkanes) is 3. The highest BCUT2D eigenvalue weighted by Gasteiger charge is 2.45. The molecule has 16 nitrogen and oxygen atoms in total. The summed E-state index contributed by atoms with van der Waals surface area (Å²) < 4.78 is 16.4. The van der Waals surface area contributed by atoms with E-state index in [1.807, 2.05) is 0 Å². The Morgan fingerprint density at radius 2 is 1.37 bits per heavy atom. The molecule has 0 aromatic heterocycles. The Kier molecular flexibility index (Phi) is 22.7. The first-order chi connectivity index (χ1) is 22.1. The molecule has 270 valence electrons. The van der Waals surface area contributed by atoms with Crippen LogP contribution in [0.25, 0.3) is 0 Å². The minimum atomic E-state index is -1.39. The number of alkyl carbamates (subject to hydrolysis) is 1. The van der Waals surface area contributed by atoms with E-state index in [9.17, 15) is 29.7 Å². The van der Waals surface area contributed by atoms with Crippen molar-refractivity contribution in [2.24, 2.45) is 5.41 Å². The second kappa shape index (κ2) is 24.9. The minimum Gasteiger partial charge on any atom is -0.450 e. The number of amides is 3. The fourth-order valence-corrected chi connectivity index (χ4v) is 5.37. The average molecular weight is 668 g/mol. The zero-order valence-electron chi connectivity index (χ0n) is 27.3. The van der Waals surface area contributed by atoms with Gasteiger partial charge in [-0.05, 0) is 63.2 Å². The molecule has 46 heavy (non-hydrogen) atoms. The predicted molar refractivity (Wildman–Crippen MR) is 164 cm³/mol. The molecule has 8 N–H and O–H groups in total. The second-order valence-corrected chi connectivity index (χ2v) is 12.0. The van der Waals surface area contributed by atoms with Gasteiger partial charge in [0.2, 0.25) is 11.8 Å². The van der Waals surface area contributed by atoms with Gasteiger partial charge in [0.05, 0.1) is 33.0 Å². The summed E-state index contributed by atoms with van der Waals surface area (Å²) in [5.74, 6) is -0.583. The highest BCUT2D eigenvalue weighted by Crippen LogP contribution is 2.34. The maximum absolute atomic E-state index is 12.1. The van der Waals surface area contributed by atoms with Gasteiger partial charge in [-0.2, -0.15) is 0 Å². The van der Waals surface area contributed by atoms with Crippen LogP contribution in [0, 0.1) is 5.41 Å². The van der Waals surface area contributed by atoms with Gasteiger partial charge in [0.1, 0.15) is 24.4 Å². The number of carbonyl (C=O) groups is 3. The standard InChI is InChI=1S/C30H57N3O13/c1-22(35)33-25-27(38)26(37)23(21-34)46-28(25)42-17-7-11-24(36)31-15-5-3-4-6-16-32-29(39)43-18-8-12-30(2,13-9-19-44-40)14-10-20-45-41/h23,25-28,34,37-38,40-41H,3-21H2,1-2H3,(H,31,36)(H,32,39)(H,33,35). The van der Waals surface area contributed by atoms with Crippen molar-refractivity contribution in [3.05, 3.63) is 0 Å². The predicted octanol–water partition coefficient (Wildman–Crippen LogP) is 1.46. The Morgan fingerprint density at radius 3 is 1.93 bits per heavy atom. The Bertz CT molecular complexity index is 828. The molecule has 0 bridgehead atoms. The van der Waals surface area contributed by atoms with E-state index >= 15 is 0 Å². The van der Waals surface area contributed by atoms with Crippen LogP contribution in [0.2, 0.25) is 0 Å². The van der Waals surface area contributed by atoms with Crippen LogP contribution in [0.4, 0.5) is 4.79 Å². The van der Waals surface area contributed by atoms with Gasteiger partial charge in [-0.1, -0.05) is 19.8 Å². The molecule has 0 aromatic carbocycles. The highest BCUT2D eigenvalue weighted by atomic mass is 17.1. The molecule has 1 rings (SSSR count). The number of hydrogen-bond acceptors (Lipinski definition) is 13. The van der Waals surface area contributed by atoms with Crippen molar-refractivity contribution in [2.75, 3.05) is 46.1 Å². The summed E-state index contributed by atoms with van der Waals surface area (Å²) in [5.41, 5.74) is -0.0444. The molecule has 1 aliphatic heterocycles. The monoisotopic (exact) mass is 667 g/mol. The fraction of sp³-hybridized carbons (Fsp3) is 0.900. The van der Waals surface area contributed by atoms with E-state index in [0.29, 0.717) is 45.4 Å². The topological polar surface area (TPSA) is 235 Å². The quantitative estimate of drug-likeness (QED) is 0.0371. The molecule has 0 aliphatic carbocycles. The van der Waals surface area contributed by atoms with E-state index in [2.05, 4.69) is 32.6 Å². The van der Waals surface area contributed by atoms with Crippen LogP contribution in [-0.2, 0) is 33.6 Å². The van der Waals surface area contributed by atoms with Gasteiger partial charge in [-0.15, -0.1) is 0 Å². The van der Waals surface area contributed by atoms with Gasteiger partial charge >= 0.3 is 6.09 Å². The molecule has 1 saturated heterocycles. The van der Waals surface area contributed by atoms with E-state index in [1.165, 1.54) is 6.92 Å². The van der Waals surface area contributed by atoms with Gasteiger partial charge in [-0.3, -0.25) is 20.1 Å². The SMILES string of the molecule is CC(=O)NC1C(OCCCC(=O)NCCCCCCNC(=O)OCCCC(C)(CCCOO)CCCOO)OC(CO)C(O)C1O. The maximum atomic E-state index is 12.1. The van der Waals surface area contributed by atoms with Gasteiger partial charge in [0.15, 0.2) is 6.29 Å². The van der Waals surface area contributed by atoms with Crippen molar-refractivity contribution in [2.45, 2.75) is 122 Å². The molecule has 1 heterocycles. The second-order valence-electron chi connectivity index (χ2n) is 12.0. The fourth-order valence-electron chi connectivity index (χ4n) is 5.37.